The van der Waals surface area contributed by atoms with Crippen LogP contribution < -0.4 is 5.32 Å². The Morgan fingerprint density at radius 3 is 2.36 bits per heavy atom. The standard InChI is InChI=1S/C15H29N3O.C3H8/c1-3-11-18(13-10-16-2)12-7-5-4-6-8-15-9-14-19-17-15;1-3-2/h9,14,16H,3-8,10-13H2,1-2H3;3H2,1-2H3. The SMILES string of the molecule is CCC.CCCN(CCCCCCc1ccon1)CCNC. The minimum Gasteiger partial charge on any atom is -0.365 e. The first-order chi connectivity index (χ1) is 10.8. The van der Waals surface area contributed by atoms with E-state index >= 15 is 0 Å². The van der Waals surface area contributed by atoms with Crippen molar-refractivity contribution in [3.63, 3.8) is 0 Å². The first-order valence-electron chi connectivity index (χ1n) is 9.04. The van der Waals surface area contributed by atoms with Crippen LogP contribution >= 0.6 is 0 Å². The third-order valence-electron chi connectivity index (χ3n) is 3.37. The highest BCUT2D eigenvalue weighted by Crippen LogP contribution is 2.07. The lowest BCUT2D eigenvalue weighted by Crippen LogP contribution is -2.32. The molecule has 0 bridgehead atoms. The van der Waals surface area contributed by atoms with Gasteiger partial charge in [-0.2, -0.15) is 0 Å². The van der Waals surface area contributed by atoms with Gasteiger partial charge in [0.15, 0.2) is 0 Å². The number of hydrogen-bond acceptors (Lipinski definition) is 4. The molecule has 1 rings (SSSR count). The van der Waals surface area contributed by atoms with Crippen LogP contribution in [-0.2, 0) is 6.42 Å². The number of hydrogen-bond donors (Lipinski definition) is 1. The molecule has 1 aromatic rings. The van der Waals surface area contributed by atoms with Gasteiger partial charge in [-0.25, -0.2) is 0 Å². The number of aryl methyl sites for hydroxylation is 1. The van der Waals surface area contributed by atoms with E-state index in [1.54, 1.807) is 6.26 Å². The van der Waals surface area contributed by atoms with Crippen LogP contribution in [0.3, 0.4) is 0 Å². The van der Waals surface area contributed by atoms with Crippen LogP contribution in [0.2, 0.25) is 0 Å². The largest absolute Gasteiger partial charge is 0.365 e. The molecule has 0 fully saturated rings. The normalized spacial score (nSPS) is 10.6. The van der Waals surface area contributed by atoms with Gasteiger partial charge in [-0.3, -0.25) is 0 Å². The maximum absolute atomic E-state index is 4.83. The van der Waals surface area contributed by atoms with Crippen molar-refractivity contribution in [1.29, 1.82) is 0 Å². The van der Waals surface area contributed by atoms with E-state index in [1.165, 1.54) is 58.2 Å². The van der Waals surface area contributed by atoms with Crippen LogP contribution in [0.5, 0.6) is 0 Å². The molecule has 0 atom stereocenters. The Kier molecular flexibility index (Phi) is 15.8. The molecule has 1 heterocycles. The molecule has 130 valence electrons. The number of rotatable bonds is 12. The monoisotopic (exact) mass is 311 g/mol. The molecular weight excluding hydrogens is 274 g/mol. The number of nitrogens with one attached hydrogen (secondary N) is 1. The first kappa shape index (κ1) is 21.1. The number of likely N-dealkylation sites (N-methyl/N-ethyl adjacent to an activating group) is 1. The maximum atomic E-state index is 4.83. The Hall–Kier alpha value is -0.870. The Morgan fingerprint density at radius 2 is 1.77 bits per heavy atom. The van der Waals surface area contributed by atoms with Gasteiger partial charge in [-0.05, 0) is 45.8 Å². The zero-order valence-electron chi connectivity index (χ0n) is 15.2. The van der Waals surface area contributed by atoms with Gasteiger partial charge in [0.25, 0.3) is 0 Å². The van der Waals surface area contributed by atoms with Crippen molar-refractivity contribution < 1.29 is 4.52 Å². The zero-order valence-corrected chi connectivity index (χ0v) is 15.2. The van der Waals surface area contributed by atoms with Crippen LogP contribution in [0, 0.1) is 0 Å². The van der Waals surface area contributed by atoms with Crippen molar-refractivity contribution >= 4 is 0 Å². The molecule has 0 aliphatic heterocycles. The van der Waals surface area contributed by atoms with Crippen molar-refractivity contribution in [3.05, 3.63) is 18.0 Å². The van der Waals surface area contributed by atoms with Crippen molar-refractivity contribution in [2.75, 3.05) is 33.2 Å². The topological polar surface area (TPSA) is 41.3 Å². The van der Waals surface area contributed by atoms with Crippen molar-refractivity contribution in [2.45, 2.75) is 65.7 Å². The summed E-state index contributed by atoms with van der Waals surface area (Å²) >= 11 is 0. The molecule has 1 N–H and O–H groups in total. The molecule has 0 saturated carbocycles. The Morgan fingerprint density at radius 1 is 1.05 bits per heavy atom. The minimum atomic E-state index is 1.05. The van der Waals surface area contributed by atoms with Gasteiger partial charge in [0, 0.05) is 19.2 Å². The lowest BCUT2D eigenvalue weighted by atomic mass is 10.1. The maximum Gasteiger partial charge on any atom is 0.124 e. The highest BCUT2D eigenvalue weighted by Gasteiger charge is 2.02. The quantitative estimate of drug-likeness (QED) is 0.589. The van der Waals surface area contributed by atoms with Crippen molar-refractivity contribution in [2.24, 2.45) is 0 Å². The molecule has 0 amide bonds. The second-order valence-electron chi connectivity index (χ2n) is 5.81. The summed E-state index contributed by atoms with van der Waals surface area (Å²) in [7, 11) is 2.02. The highest BCUT2D eigenvalue weighted by atomic mass is 16.5. The second-order valence-corrected chi connectivity index (χ2v) is 5.81. The predicted molar refractivity (Wildman–Crippen MR) is 95.3 cm³/mol. The fourth-order valence-corrected chi connectivity index (χ4v) is 2.28. The van der Waals surface area contributed by atoms with Gasteiger partial charge in [0.1, 0.15) is 6.26 Å². The van der Waals surface area contributed by atoms with Crippen LogP contribution in [0.25, 0.3) is 0 Å². The first-order valence-corrected chi connectivity index (χ1v) is 9.04. The van der Waals surface area contributed by atoms with Gasteiger partial charge in [-0.1, -0.05) is 45.2 Å². The summed E-state index contributed by atoms with van der Waals surface area (Å²) in [6, 6.07) is 1.96. The Balaban J connectivity index is 0.00000135. The minimum absolute atomic E-state index is 1.05. The van der Waals surface area contributed by atoms with E-state index in [-0.39, 0.29) is 0 Å². The van der Waals surface area contributed by atoms with E-state index < -0.39 is 0 Å². The zero-order chi connectivity index (χ0) is 16.5. The Bertz CT molecular complexity index is 301. The third-order valence-corrected chi connectivity index (χ3v) is 3.37. The van der Waals surface area contributed by atoms with Gasteiger partial charge in [0.05, 0.1) is 5.69 Å². The molecule has 0 saturated heterocycles. The average Bonchev–Trinajstić information content (AvgIpc) is 3.02. The molecule has 1 aromatic heterocycles. The summed E-state index contributed by atoms with van der Waals surface area (Å²) in [5, 5.41) is 7.16. The third kappa shape index (κ3) is 12.8. The summed E-state index contributed by atoms with van der Waals surface area (Å²) in [5.74, 6) is 0. The fraction of sp³-hybridized carbons (Fsp3) is 0.833. The predicted octanol–water partition coefficient (Wildman–Crippen LogP) is 4.13. The van der Waals surface area contributed by atoms with Gasteiger partial charge in [0.2, 0.25) is 0 Å². The number of aromatic nitrogens is 1. The molecule has 0 radical (unpaired) electrons. The summed E-state index contributed by atoms with van der Waals surface area (Å²) in [4.78, 5) is 2.56. The van der Waals surface area contributed by atoms with Crippen LogP contribution in [0.15, 0.2) is 16.9 Å². The van der Waals surface area contributed by atoms with Gasteiger partial charge in [-0.15, -0.1) is 0 Å². The van der Waals surface area contributed by atoms with E-state index in [4.69, 9.17) is 4.52 Å². The molecule has 22 heavy (non-hydrogen) atoms. The van der Waals surface area contributed by atoms with Gasteiger partial charge >= 0.3 is 0 Å². The van der Waals surface area contributed by atoms with E-state index in [9.17, 15) is 0 Å². The second kappa shape index (κ2) is 16.5. The smallest absolute Gasteiger partial charge is 0.124 e. The van der Waals surface area contributed by atoms with E-state index in [2.05, 4.69) is 36.1 Å². The Labute approximate surface area is 137 Å². The molecular formula is C18H37N3O. The molecule has 0 unspecified atom stereocenters. The van der Waals surface area contributed by atoms with Crippen molar-refractivity contribution in [3.8, 4) is 0 Å². The molecule has 0 aliphatic rings. The summed E-state index contributed by atoms with van der Waals surface area (Å²) < 4.78 is 4.83. The fourth-order valence-electron chi connectivity index (χ4n) is 2.28. The summed E-state index contributed by atoms with van der Waals surface area (Å²) in [6.07, 6.45) is 10.3. The van der Waals surface area contributed by atoms with E-state index in [0.717, 1.165) is 18.7 Å². The summed E-state index contributed by atoms with van der Waals surface area (Å²) in [5.41, 5.74) is 1.08. The number of unbranched alkanes of at least 4 members (excludes halogenated alkanes) is 3. The molecule has 4 nitrogen and oxygen atoms in total. The van der Waals surface area contributed by atoms with Crippen LogP contribution in [0.4, 0.5) is 0 Å². The van der Waals surface area contributed by atoms with E-state index in [0.29, 0.717) is 0 Å². The van der Waals surface area contributed by atoms with Crippen LogP contribution in [0.1, 0.15) is 65.0 Å². The molecule has 4 heteroatoms. The molecule has 0 aliphatic carbocycles. The lowest BCUT2D eigenvalue weighted by molar-refractivity contribution is 0.269. The van der Waals surface area contributed by atoms with Crippen LogP contribution in [-0.4, -0.2) is 43.3 Å². The van der Waals surface area contributed by atoms with Gasteiger partial charge < -0.3 is 14.7 Å². The average molecular weight is 312 g/mol. The molecule has 0 spiro atoms. The van der Waals surface area contributed by atoms with E-state index in [1.807, 2.05) is 13.1 Å². The molecule has 0 aromatic carbocycles. The summed E-state index contributed by atoms with van der Waals surface area (Å²) in [6.45, 7) is 11.2. The lowest BCUT2D eigenvalue weighted by Gasteiger charge is -2.21. The number of nitrogens with zero attached hydrogens (tertiary/aromatic N) is 2. The highest BCUT2D eigenvalue weighted by molar-refractivity contribution is 4.94. The van der Waals surface area contributed by atoms with Crippen molar-refractivity contribution in [1.82, 2.24) is 15.4 Å².